The van der Waals surface area contributed by atoms with Crippen LogP contribution in [0.4, 0.5) is 0 Å². The van der Waals surface area contributed by atoms with Crippen LogP contribution in [0.1, 0.15) is 11.1 Å². The average molecular weight is 259 g/mol. The lowest BCUT2D eigenvalue weighted by atomic mass is 10.2. The number of pyridine rings is 1. The zero-order valence-corrected chi connectivity index (χ0v) is 11.1. The van der Waals surface area contributed by atoms with Gasteiger partial charge in [-0.25, -0.2) is 0 Å². The molecule has 1 aromatic carbocycles. The molecule has 0 atom stereocenters. The molecule has 0 bridgehead atoms. The Labute approximate surface area is 111 Å². The Morgan fingerprint density at radius 2 is 2.11 bits per heavy atom. The molecule has 0 unspecified atom stereocenters. The Bertz CT molecular complexity index is 632. The predicted molar refractivity (Wildman–Crippen MR) is 74.1 cm³/mol. The maximum absolute atomic E-state index is 12.3. The van der Waals surface area contributed by atoms with Crippen LogP contribution in [0.3, 0.4) is 0 Å². The van der Waals surface area contributed by atoms with Crippen molar-refractivity contribution in [3.05, 3.63) is 58.0 Å². The Morgan fingerprint density at radius 3 is 2.79 bits per heavy atom. The molecule has 0 aliphatic carbocycles. The summed E-state index contributed by atoms with van der Waals surface area (Å²) >= 11 is 0. The molecular weight excluding hydrogens is 242 g/mol. The molecule has 1 heterocycles. The van der Waals surface area contributed by atoms with Crippen LogP contribution in [-0.2, 0) is 6.42 Å². The second-order valence-electron chi connectivity index (χ2n) is 4.36. The highest BCUT2D eigenvalue weighted by Crippen LogP contribution is 2.22. The van der Waals surface area contributed by atoms with Gasteiger partial charge in [-0.05, 0) is 30.7 Å². The van der Waals surface area contributed by atoms with Gasteiger partial charge in [-0.15, -0.1) is 0 Å². The number of rotatable bonds is 4. The molecule has 0 saturated carbocycles. The number of hydrogen-bond donors (Lipinski definition) is 1. The van der Waals surface area contributed by atoms with Crippen molar-refractivity contribution in [1.82, 2.24) is 4.57 Å². The van der Waals surface area contributed by atoms with E-state index in [1.54, 1.807) is 30.0 Å². The molecule has 0 amide bonds. The molecule has 1 aromatic heterocycles. The van der Waals surface area contributed by atoms with Gasteiger partial charge in [-0.3, -0.25) is 9.36 Å². The largest absolute Gasteiger partial charge is 0.495 e. The third-order valence-electron chi connectivity index (χ3n) is 3.00. The maximum atomic E-state index is 12.3. The zero-order chi connectivity index (χ0) is 13.8. The second-order valence-corrected chi connectivity index (χ2v) is 4.36. The minimum absolute atomic E-state index is 0.0374. The molecule has 4 heteroatoms. The van der Waals surface area contributed by atoms with Crippen molar-refractivity contribution in [2.24, 2.45) is 0 Å². The van der Waals surface area contributed by atoms with Crippen LogP contribution in [0.2, 0.25) is 0 Å². The first-order valence-corrected chi connectivity index (χ1v) is 6.14. The molecule has 4 nitrogen and oxygen atoms in total. The molecule has 100 valence electrons. The van der Waals surface area contributed by atoms with E-state index in [9.17, 15) is 4.79 Å². The number of aryl methyl sites for hydroxylation is 1. The van der Waals surface area contributed by atoms with Gasteiger partial charge in [0.15, 0.2) is 0 Å². The Balaban J connectivity index is 2.59. The van der Waals surface area contributed by atoms with E-state index in [0.717, 1.165) is 5.56 Å². The SMILES string of the molecule is COc1cc(C)ccc1-n1cccc(CCO)c1=O. The zero-order valence-electron chi connectivity index (χ0n) is 11.1. The molecular formula is C15H17NO3. The first-order valence-electron chi connectivity index (χ1n) is 6.14. The van der Waals surface area contributed by atoms with E-state index in [1.165, 1.54) is 0 Å². The number of benzene rings is 1. The fourth-order valence-corrected chi connectivity index (χ4v) is 2.02. The molecule has 0 spiro atoms. The first-order chi connectivity index (χ1) is 9.17. The van der Waals surface area contributed by atoms with Crippen LogP contribution in [0.25, 0.3) is 5.69 Å². The van der Waals surface area contributed by atoms with Crippen LogP contribution >= 0.6 is 0 Å². The summed E-state index contributed by atoms with van der Waals surface area (Å²) in [4.78, 5) is 12.3. The van der Waals surface area contributed by atoms with E-state index in [4.69, 9.17) is 9.84 Å². The van der Waals surface area contributed by atoms with E-state index in [2.05, 4.69) is 0 Å². The lowest BCUT2D eigenvalue weighted by Crippen LogP contribution is -2.22. The lowest BCUT2D eigenvalue weighted by molar-refractivity contribution is 0.299. The molecule has 0 saturated heterocycles. The second kappa shape index (κ2) is 5.71. The monoisotopic (exact) mass is 259 g/mol. The van der Waals surface area contributed by atoms with Crippen molar-refractivity contribution in [2.75, 3.05) is 13.7 Å². The summed E-state index contributed by atoms with van der Waals surface area (Å²) in [5.41, 5.74) is 2.24. The summed E-state index contributed by atoms with van der Waals surface area (Å²) in [6.45, 7) is 1.93. The number of aromatic nitrogens is 1. The number of aliphatic hydroxyl groups excluding tert-OH is 1. The summed E-state index contributed by atoms with van der Waals surface area (Å²) in [6.07, 6.45) is 2.06. The number of ether oxygens (including phenoxy) is 1. The lowest BCUT2D eigenvalue weighted by Gasteiger charge is -2.12. The molecule has 19 heavy (non-hydrogen) atoms. The topological polar surface area (TPSA) is 51.5 Å². The van der Waals surface area contributed by atoms with Crippen molar-refractivity contribution in [3.8, 4) is 11.4 Å². The summed E-state index contributed by atoms with van der Waals surface area (Å²) < 4.78 is 6.87. The van der Waals surface area contributed by atoms with Gasteiger partial charge in [0.25, 0.3) is 5.56 Å². The van der Waals surface area contributed by atoms with Gasteiger partial charge >= 0.3 is 0 Å². The molecule has 2 rings (SSSR count). The van der Waals surface area contributed by atoms with Crippen LogP contribution in [0.15, 0.2) is 41.3 Å². The highest BCUT2D eigenvalue weighted by Gasteiger charge is 2.09. The minimum atomic E-state index is -0.126. The van der Waals surface area contributed by atoms with Gasteiger partial charge < -0.3 is 9.84 Å². The third kappa shape index (κ3) is 2.69. The van der Waals surface area contributed by atoms with Crippen molar-refractivity contribution in [3.63, 3.8) is 0 Å². The Morgan fingerprint density at radius 1 is 1.32 bits per heavy atom. The summed E-state index contributed by atoms with van der Waals surface area (Å²) in [5.74, 6) is 0.656. The number of hydrogen-bond acceptors (Lipinski definition) is 3. The Hall–Kier alpha value is -2.07. The third-order valence-corrected chi connectivity index (χ3v) is 3.00. The van der Waals surface area contributed by atoms with Gasteiger partial charge in [0, 0.05) is 24.8 Å². The van der Waals surface area contributed by atoms with E-state index in [0.29, 0.717) is 23.4 Å². The first kappa shape index (κ1) is 13.4. The summed E-state index contributed by atoms with van der Waals surface area (Å²) in [6, 6.07) is 9.21. The van der Waals surface area contributed by atoms with Crippen LogP contribution < -0.4 is 10.3 Å². The van der Waals surface area contributed by atoms with Gasteiger partial charge in [0.05, 0.1) is 12.8 Å². The van der Waals surface area contributed by atoms with Gasteiger partial charge in [-0.1, -0.05) is 12.1 Å². The van der Waals surface area contributed by atoms with E-state index >= 15 is 0 Å². The minimum Gasteiger partial charge on any atom is -0.495 e. The normalized spacial score (nSPS) is 10.5. The quantitative estimate of drug-likeness (QED) is 0.909. The molecule has 0 aliphatic heterocycles. The number of methoxy groups -OCH3 is 1. The van der Waals surface area contributed by atoms with Crippen molar-refractivity contribution >= 4 is 0 Å². The average Bonchev–Trinajstić information content (AvgIpc) is 2.42. The fraction of sp³-hybridized carbons (Fsp3) is 0.267. The van der Waals surface area contributed by atoms with E-state index in [1.807, 2.05) is 25.1 Å². The molecule has 0 fully saturated rings. The maximum Gasteiger partial charge on any atom is 0.258 e. The fourth-order valence-electron chi connectivity index (χ4n) is 2.02. The highest BCUT2D eigenvalue weighted by molar-refractivity contribution is 5.49. The summed E-state index contributed by atoms with van der Waals surface area (Å²) in [7, 11) is 1.58. The number of nitrogens with zero attached hydrogens (tertiary/aromatic N) is 1. The molecule has 0 aliphatic rings. The van der Waals surface area contributed by atoms with E-state index in [-0.39, 0.29) is 12.2 Å². The van der Waals surface area contributed by atoms with Crippen molar-refractivity contribution in [1.29, 1.82) is 0 Å². The van der Waals surface area contributed by atoms with Gasteiger partial charge in [0.1, 0.15) is 5.75 Å². The molecule has 1 N–H and O–H groups in total. The number of aliphatic hydroxyl groups is 1. The molecule has 2 aromatic rings. The van der Waals surface area contributed by atoms with Crippen molar-refractivity contribution < 1.29 is 9.84 Å². The summed E-state index contributed by atoms with van der Waals surface area (Å²) in [5, 5.41) is 8.97. The smallest absolute Gasteiger partial charge is 0.258 e. The van der Waals surface area contributed by atoms with Crippen molar-refractivity contribution in [2.45, 2.75) is 13.3 Å². The molecule has 0 radical (unpaired) electrons. The predicted octanol–water partition coefficient (Wildman–Crippen LogP) is 1.69. The van der Waals surface area contributed by atoms with Crippen LogP contribution in [0.5, 0.6) is 5.75 Å². The van der Waals surface area contributed by atoms with Gasteiger partial charge in [-0.2, -0.15) is 0 Å². The van der Waals surface area contributed by atoms with Crippen LogP contribution in [0, 0.1) is 6.92 Å². The van der Waals surface area contributed by atoms with Crippen LogP contribution in [-0.4, -0.2) is 23.4 Å². The standard InChI is InChI=1S/C15H17NO3/c1-11-5-6-13(14(10-11)19-2)16-8-3-4-12(7-9-17)15(16)18/h3-6,8,10,17H,7,9H2,1-2H3. The van der Waals surface area contributed by atoms with E-state index < -0.39 is 0 Å². The Kier molecular flexibility index (Phi) is 4.02. The van der Waals surface area contributed by atoms with Gasteiger partial charge in [0.2, 0.25) is 0 Å². The highest BCUT2D eigenvalue weighted by atomic mass is 16.5.